The van der Waals surface area contributed by atoms with Gasteiger partial charge in [-0.3, -0.25) is 4.90 Å². The molecule has 0 amide bonds. The summed E-state index contributed by atoms with van der Waals surface area (Å²) in [5, 5.41) is 5.65. The summed E-state index contributed by atoms with van der Waals surface area (Å²) in [5.41, 5.74) is 3.06. The van der Waals surface area contributed by atoms with Crippen LogP contribution < -0.4 is 4.90 Å². The molecule has 1 aromatic carbocycles. The minimum Gasteiger partial charge on any atom is -0.383 e. The van der Waals surface area contributed by atoms with Crippen LogP contribution in [0.5, 0.6) is 0 Å². The maximum Gasteiger partial charge on any atom is 0.229 e. The molecule has 0 spiro atoms. The Labute approximate surface area is 169 Å². The molecule has 8 heteroatoms. The highest BCUT2D eigenvalue weighted by Crippen LogP contribution is 2.30. The van der Waals surface area contributed by atoms with Crippen LogP contribution in [-0.2, 0) is 11.8 Å². The van der Waals surface area contributed by atoms with Crippen molar-refractivity contribution < 1.29 is 4.74 Å². The minimum atomic E-state index is 0.767. The van der Waals surface area contributed by atoms with Gasteiger partial charge >= 0.3 is 0 Å². The van der Waals surface area contributed by atoms with Gasteiger partial charge in [-0.2, -0.15) is 19.6 Å². The zero-order valence-corrected chi connectivity index (χ0v) is 16.8. The van der Waals surface area contributed by atoms with Crippen molar-refractivity contribution in [3.8, 4) is 11.4 Å². The molecule has 1 saturated heterocycles. The number of ether oxygens (including phenoxy) is 1. The van der Waals surface area contributed by atoms with Crippen LogP contribution in [0.15, 0.2) is 42.7 Å². The topological polar surface area (TPSA) is 63.7 Å². The molecule has 0 radical (unpaired) electrons. The number of hydrogen-bond acceptors (Lipinski definition) is 6. The molecule has 29 heavy (non-hydrogen) atoms. The van der Waals surface area contributed by atoms with Crippen LogP contribution in [0.25, 0.3) is 27.9 Å². The first-order valence-corrected chi connectivity index (χ1v) is 9.97. The highest BCUT2D eigenvalue weighted by molar-refractivity contribution is 5.94. The van der Waals surface area contributed by atoms with Crippen molar-refractivity contribution in [3.63, 3.8) is 0 Å². The number of para-hydroxylation sites is 1. The van der Waals surface area contributed by atoms with Crippen LogP contribution >= 0.6 is 0 Å². The summed E-state index contributed by atoms with van der Waals surface area (Å²) >= 11 is 0. The number of rotatable bonds is 5. The number of piperazine rings is 1. The zero-order valence-electron chi connectivity index (χ0n) is 16.8. The van der Waals surface area contributed by atoms with Gasteiger partial charge in [0.05, 0.1) is 12.8 Å². The first-order valence-electron chi connectivity index (χ1n) is 9.97. The van der Waals surface area contributed by atoms with Gasteiger partial charge < -0.3 is 14.2 Å². The van der Waals surface area contributed by atoms with E-state index in [1.165, 1.54) is 10.9 Å². The quantitative estimate of drug-likeness (QED) is 0.519. The summed E-state index contributed by atoms with van der Waals surface area (Å²) in [6, 6.07) is 10.3. The van der Waals surface area contributed by atoms with Crippen molar-refractivity contribution in [3.05, 3.63) is 42.7 Å². The Morgan fingerprint density at radius 2 is 1.86 bits per heavy atom. The third kappa shape index (κ3) is 3.24. The maximum absolute atomic E-state index is 5.21. The molecule has 1 aliphatic heterocycles. The number of fused-ring (bicyclic) bond motifs is 2. The van der Waals surface area contributed by atoms with Gasteiger partial charge in [-0.25, -0.2) is 0 Å². The Kier molecular flexibility index (Phi) is 4.65. The second-order valence-corrected chi connectivity index (χ2v) is 7.44. The molecule has 0 unspecified atom stereocenters. The van der Waals surface area contributed by atoms with E-state index < -0.39 is 0 Å². The Morgan fingerprint density at radius 3 is 2.69 bits per heavy atom. The molecule has 3 aromatic heterocycles. The lowest BCUT2D eigenvalue weighted by atomic mass is 10.1. The van der Waals surface area contributed by atoms with Gasteiger partial charge in [0.15, 0.2) is 11.5 Å². The van der Waals surface area contributed by atoms with Gasteiger partial charge in [-0.15, -0.1) is 0 Å². The number of aryl methyl sites for hydroxylation is 1. The van der Waals surface area contributed by atoms with E-state index in [2.05, 4.69) is 57.0 Å². The van der Waals surface area contributed by atoms with E-state index in [4.69, 9.17) is 14.7 Å². The normalized spacial score (nSPS) is 15.6. The lowest BCUT2D eigenvalue weighted by molar-refractivity contribution is 0.144. The van der Waals surface area contributed by atoms with Gasteiger partial charge in [0.25, 0.3) is 0 Å². The van der Waals surface area contributed by atoms with Crippen molar-refractivity contribution in [2.45, 2.75) is 0 Å². The molecule has 150 valence electrons. The third-order valence-electron chi connectivity index (χ3n) is 5.65. The molecule has 5 rings (SSSR count). The van der Waals surface area contributed by atoms with E-state index in [1.54, 1.807) is 13.3 Å². The number of aromatic nitrogens is 5. The van der Waals surface area contributed by atoms with Crippen LogP contribution in [-0.4, -0.2) is 75.5 Å². The zero-order chi connectivity index (χ0) is 19.8. The number of benzene rings is 1. The van der Waals surface area contributed by atoms with Crippen LogP contribution in [0.2, 0.25) is 0 Å². The highest BCUT2D eigenvalue weighted by Gasteiger charge is 2.22. The molecule has 0 N–H and O–H groups in total. The first kappa shape index (κ1) is 18.1. The fourth-order valence-electron chi connectivity index (χ4n) is 4.04. The van der Waals surface area contributed by atoms with E-state index in [9.17, 15) is 0 Å². The van der Waals surface area contributed by atoms with Crippen LogP contribution in [0.1, 0.15) is 0 Å². The molecular weight excluding hydrogens is 366 g/mol. The summed E-state index contributed by atoms with van der Waals surface area (Å²) < 4.78 is 9.17. The number of hydrogen-bond donors (Lipinski definition) is 0. The van der Waals surface area contributed by atoms with Crippen LogP contribution in [0.3, 0.4) is 0 Å². The largest absolute Gasteiger partial charge is 0.383 e. The lowest BCUT2D eigenvalue weighted by Crippen LogP contribution is -2.48. The molecule has 0 saturated carbocycles. The molecule has 4 aromatic rings. The van der Waals surface area contributed by atoms with Gasteiger partial charge in [0.2, 0.25) is 5.95 Å². The Hall–Kier alpha value is -2.97. The molecule has 8 nitrogen and oxygen atoms in total. The maximum atomic E-state index is 5.21. The van der Waals surface area contributed by atoms with E-state index in [1.807, 2.05) is 10.6 Å². The van der Waals surface area contributed by atoms with E-state index >= 15 is 0 Å². The van der Waals surface area contributed by atoms with E-state index in [0.717, 1.165) is 62.3 Å². The number of methoxy groups -OCH3 is 1. The van der Waals surface area contributed by atoms with E-state index in [-0.39, 0.29) is 0 Å². The van der Waals surface area contributed by atoms with Crippen molar-refractivity contribution >= 4 is 22.5 Å². The van der Waals surface area contributed by atoms with E-state index in [0.29, 0.717) is 0 Å². The monoisotopic (exact) mass is 391 g/mol. The second kappa shape index (κ2) is 7.46. The van der Waals surface area contributed by atoms with Crippen molar-refractivity contribution in [2.24, 2.45) is 7.05 Å². The summed E-state index contributed by atoms with van der Waals surface area (Å²) in [7, 11) is 3.81. The van der Waals surface area contributed by atoms with Gasteiger partial charge in [-0.05, 0) is 6.07 Å². The van der Waals surface area contributed by atoms with Gasteiger partial charge in [-0.1, -0.05) is 18.2 Å². The third-order valence-corrected chi connectivity index (χ3v) is 5.65. The van der Waals surface area contributed by atoms with Gasteiger partial charge in [0.1, 0.15) is 0 Å². The highest BCUT2D eigenvalue weighted by atomic mass is 16.5. The predicted octanol–water partition coefficient (Wildman–Crippen LogP) is 2.05. The summed E-state index contributed by atoms with van der Waals surface area (Å²) in [6.45, 7) is 5.52. The first-order chi connectivity index (χ1) is 14.2. The minimum absolute atomic E-state index is 0.767. The van der Waals surface area contributed by atoms with Crippen LogP contribution in [0, 0.1) is 0 Å². The molecule has 1 fully saturated rings. The predicted molar refractivity (Wildman–Crippen MR) is 113 cm³/mol. The average molecular weight is 391 g/mol. The Balaban J connectivity index is 1.53. The van der Waals surface area contributed by atoms with Crippen molar-refractivity contribution in [1.82, 2.24) is 29.0 Å². The molecule has 1 aliphatic rings. The fourth-order valence-corrected chi connectivity index (χ4v) is 4.04. The molecule has 0 bridgehead atoms. The van der Waals surface area contributed by atoms with Crippen molar-refractivity contribution in [2.75, 3.05) is 51.3 Å². The lowest BCUT2D eigenvalue weighted by Gasteiger charge is -2.34. The summed E-state index contributed by atoms with van der Waals surface area (Å²) in [6.07, 6.45) is 3.91. The molecular formula is C21H25N7O. The number of nitrogens with zero attached hydrogens (tertiary/aromatic N) is 7. The fraction of sp³-hybridized carbons (Fsp3) is 0.381. The molecule has 0 atom stereocenters. The SMILES string of the molecule is COCCN1CCN(c2nc(-c3cn(C)c4ccccc34)n3nccc3n2)CC1. The average Bonchev–Trinajstić information content (AvgIpc) is 3.37. The number of anilines is 1. The smallest absolute Gasteiger partial charge is 0.229 e. The standard InChI is InChI=1S/C21H25N7O/c1-25-15-17(16-5-3-4-6-18(16)25)20-24-21(23-19-7-8-22-28(19)20)27-11-9-26(10-12-27)13-14-29-2/h3-8,15H,9-14H2,1-2H3. The molecule has 0 aliphatic carbocycles. The van der Waals surface area contributed by atoms with Crippen LogP contribution in [0.4, 0.5) is 5.95 Å². The Morgan fingerprint density at radius 1 is 1.03 bits per heavy atom. The second-order valence-electron chi connectivity index (χ2n) is 7.44. The molecule has 4 heterocycles. The summed E-state index contributed by atoms with van der Waals surface area (Å²) in [5.74, 6) is 1.60. The van der Waals surface area contributed by atoms with Gasteiger partial charge in [0, 0.05) is 75.6 Å². The Bertz CT molecular complexity index is 1140. The van der Waals surface area contributed by atoms with Crippen molar-refractivity contribution in [1.29, 1.82) is 0 Å². The summed E-state index contributed by atoms with van der Waals surface area (Å²) in [4.78, 5) is 14.4.